The Morgan fingerprint density at radius 1 is 1.50 bits per heavy atom. The Labute approximate surface area is 52.9 Å². The lowest BCUT2D eigenvalue weighted by Gasteiger charge is -2.07. The van der Waals surface area contributed by atoms with E-state index in [0.29, 0.717) is 0 Å². The predicted molar refractivity (Wildman–Crippen MR) is 33.9 cm³/mol. The molecule has 1 rings (SSSR count). The van der Waals surface area contributed by atoms with Crippen molar-refractivity contribution < 1.29 is 10.2 Å². The van der Waals surface area contributed by atoms with Gasteiger partial charge in [0, 0.05) is 24.0 Å². The number of hydrogen-bond donors (Lipinski definition) is 2. The predicted octanol–water partition coefficient (Wildman–Crippen LogP) is -0.297. The second-order valence-corrected chi connectivity index (χ2v) is 3.12. The highest BCUT2D eigenvalue weighted by molar-refractivity contribution is 7.99. The van der Waals surface area contributed by atoms with Gasteiger partial charge >= 0.3 is 0 Å². The smallest absolute Gasteiger partial charge is 0.0688 e. The molecule has 0 aromatic rings. The Hall–Kier alpha value is 0.270. The van der Waals surface area contributed by atoms with Crippen LogP contribution in [0.15, 0.2) is 0 Å². The number of aliphatic hydroxyl groups excluding tert-OH is 2. The van der Waals surface area contributed by atoms with Crippen molar-refractivity contribution in [2.45, 2.75) is 6.10 Å². The zero-order valence-electron chi connectivity index (χ0n) is 4.58. The van der Waals surface area contributed by atoms with Gasteiger partial charge in [0.2, 0.25) is 0 Å². The number of aliphatic hydroxyl groups is 2. The van der Waals surface area contributed by atoms with Crippen molar-refractivity contribution >= 4 is 11.8 Å². The summed E-state index contributed by atoms with van der Waals surface area (Å²) < 4.78 is 0. The van der Waals surface area contributed by atoms with Crippen LogP contribution >= 0.6 is 11.8 Å². The van der Waals surface area contributed by atoms with Crippen LogP contribution in [0.2, 0.25) is 0 Å². The third-order valence-electron chi connectivity index (χ3n) is 1.40. The number of hydrogen-bond acceptors (Lipinski definition) is 3. The van der Waals surface area contributed by atoms with E-state index >= 15 is 0 Å². The van der Waals surface area contributed by atoms with Gasteiger partial charge in [0.05, 0.1) is 6.10 Å². The van der Waals surface area contributed by atoms with E-state index in [0.717, 1.165) is 11.5 Å². The Kier molecular flexibility index (Phi) is 2.16. The zero-order chi connectivity index (χ0) is 5.98. The summed E-state index contributed by atoms with van der Waals surface area (Å²) in [5, 5.41) is 17.6. The highest BCUT2D eigenvalue weighted by atomic mass is 32.2. The molecule has 0 spiro atoms. The van der Waals surface area contributed by atoms with Crippen molar-refractivity contribution in [2.75, 3.05) is 18.1 Å². The largest absolute Gasteiger partial charge is 0.396 e. The summed E-state index contributed by atoms with van der Waals surface area (Å²) in [5.41, 5.74) is 0. The van der Waals surface area contributed by atoms with Crippen molar-refractivity contribution in [3.8, 4) is 0 Å². The first kappa shape index (κ1) is 6.39. The quantitative estimate of drug-likeness (QED) is 0.517. The van der Waals surface area contributed by atoms with Gasteiger partial charge in [0.15, 0.2) is 0 Å². The average Bonchev–Trinajstić information content (AvgIpc) is 2.14. The Bertz CT molecular complexity index is 76.8. The van der Waals surface area contributed by atoms with Crippen LogP contribution in [0.25, 0.3) is 0 Å². The maximum absolute atomic E-state index is 9.01. The van der Waals surface area contributed by atoms with E-state index in [1.807, 2.05) is 0 Å². The second kappa shape index (κ2) is 2.71. The van der Waals surface area contributed by atoms with Gasteiger partial charge in [-0.05, 0) is 0 Å². The van der Waals surface area contributed by atoms with Crippen LogP contribution in [-0.2, 0) is 0 Å². The lowest BCUT2D eigenvalue weighted by molar-refractivity contribution is 0.104. The molecule has 1 saturated heterocycles. The third-order valence-corrected chi connectivity index (χ3v) is 2.64. The van der Waals surface area contributed by atoms with E-state index < -0.39 is 0 Å². The minimum atomic E-state index is -0.259. The first-order valence-corrected chi connectivity index (χ1v) is 3.86. The van der Waals surface area contributed by atoms with Crippen LogP contribution in [0.3, 0.4) is 0 Å². The summed E-state index contributed by atoms with van der Waals surface area (Å²) in [6, 6.07) is 0. The first-order chi connectivity index (χ1) is 3.84. The van der Waals surface area contributed by atoms with Gasteiger partial charge in [-0.15, -0.1) is 0 Å². The SMILES string of the molecule is OCC1CSCC1O. The summed E-state index contributed by atoms with van der Waals surface area (Å²) in [5.74, 6) is 1.85. The summed E-state index contributed by atoms with van der Waals surface area (Å²) in [4.78, 5) is 0. The molecule has 2 nitrogen and oxygen atoms in total. The van der Waals surface area contributed by atoms with Gasteiger partial charge in [-0.25, -0.2) is 0 Å². The molecule has 48 valence electrons. The minimum absolute atomic E-state index is 0.133. The molecule has 2 N–H and O–H groups in total. The summed E-state index contributed by atoms with van der Waals surface area (Å²) in [6.07, 6.45) is -0.259. The molecular formula is C5H10O2S. The molecule has 0 aliphatic carbocycles. The molecule has 1 aliphatic heterocycles. The van der Waals surface area contributed by atoms with E-state index in [1.54, 1.807) is 11.8 Å². The van der Waals surface area contributed by atoms with Gasteiger partial charge in [-0.2, -0.15) is 11.8 Å². The molecule has 8 heavy (non-hydrogen) atoms. The molecule has 0 aromatic carbocycles. The zero-order valence-corrected chi connectivity index (χ0v) is 5.40. The van der Waals surface area contributed by atoms with Crippen LogP contribution < -0.4 is 0 Å². The fraction of sp³-hybridized carbons (Fsp3) is 1.00. The molecule has 0 bridgehead atoms. The monoisotopic (exact) mass is 134 g/mol. The molecule has 2 unspecified atom stereocenters. The lowest BCUT2D eigenvalue weighted by atomic mass is 10.1. The Morgan fingerprint density at radius 3 is 2.50 bits per heavy atom. The second-order valence-electron chi connectivity index (χ2n) is 2.05. The lowest BCUT2D eigenvalue weighted by Crippen LogP contribution is -2.20. The van der Waals surface area contributed by atoms with Crippen molar-refractivity contribution in [3.63, 3.8) is 0 Å². The van der Waals surface area contributed by atoms with Crippen LogP contribution in [0.1, 0.15) is 0 Å². The molecule has 0 aromatic heterocycles. The van der Waals surface area contributed by atoms with Crippen LogP contribution in [-0.4, -0.2) is 34.4 Å². The van der Waals surface area contributed by atoms with Gasteiger partial charge in [0.1, 0.15) is 0 Å². The molecule has 0 amide bonds. The highest BCUT2D eigenvalue weighted by Crippen LogP contribution is 2.22. The van der Waals surface area contributed by atoms with E-state index in [2.05, 4.69) is 0 Å². The number of rotatable bonds is 1. The third kappa shape index (κ3) is 1.16. The average molecular weight is 134 g/mol. The maximum atomic E-state index is 9.01. The summed E-state index contributed by atoms with van der Waals surface area (Å²) in [6.45, 7) is 0.133. The minimum Gasteiger partial charge on any atom is -0.396 e. The molecule has 1 heterocycles. The Morgan fingerprint density at radius 2 is 2.25 bits per heavy atom. The van der Waals surface area contributed by atoms with Crippen molar-refractivity contribution in [3.05, 3.63) is 0 Å². The normalized spacial score (nSPS) is 38.2. The molecule has 3 heteroatoms. The van der Waals surface area contributed by atoms with Crippen LogP contribution in [0.4, 0.5) is 0 Å². The maximum Gasteiger partial charge on any atom is 0.0688 e. The van der Waals surface area contributed by atoms with E-state index in [-0.39, 0.29) is 18.6 Å². The van der Waals surface area contributed by atoms with Crippen LogP contribution in [0.5, 0.6) is 0 Å². The van der Waals surface area contributed by atoms with Crippen molar-refractivity contribution in [1.29, 1.82) is 0 Å². The van der Waals surface area contributed by atoms with E-state index in [1.165, 1.54) is 0 Å². The molecule has 1 aliphatic rings. The molecule has 0 saturated carbocycles. The van der Waals surface area contributed by atoms with Gasteiger partial charge in [-0.1, -0.05) is 0 Å². The molecular weight excluding hydrogens is 124 g/mol. The number of thioether (sulfide) groups is 1. The topological polar surface area (TPSA) is 40.5 Å². The van der Waals surface area contributed by atoms with Gasteiger partial charge < -0.3 is 10.2 Å². The van der Waals surface area contributed by atoms with Crippen LogP contribution in [0, 0.1) is 5.92 Å². The Balaban J connectivity index is 2.30. The fourth-order valence-electron chi connectivity index (χ4n) is 0.762. The van der Waals surface area contributed by atoms with Crippen molar-refractivity contribution in [2.24, 2.45) is 5.92 Å². The molecule has 1 fully saturated rings. The van der Waals surface area contributed by atoms with Crippen molar-refractivity contribution in [1.82, 2.24) is 0 Å². The van der Waals surface area contributed by atoms with E-state index in [4.69, 9.17) is 10.2 Å². The van der Waals surface area contributed by atoms with Gasteiger partial charge in [-0.3, -0.25) is 0 Å². The standard InChI is InChI=1S/C5H10O2S/c6-1-4-2-8-3-5(4)7/h4-7H,1-3H2. The summed E-state index contributed by atoms with van der Waals surface area (Å²) in [7, 11) is 0. The highest BCUT2D eigenvalue weighted by Gasteiger charge is 2.24. The summed E-state index contributed by atoms with van der Waals surface area (Å²) >= 11 is 1.70. The fourth-order valence-corrected chi connectivity index (χ4v) is 2.04. The molecule has 2 atom stereocenters. The first-order valence-electron chi connectivity index (χ1n) is 2.71. The van der Waals surface area contributed by atoms with Gasteiger partial charge in [0.25, 0.3) is 0 Å². The van der Waals surface area contributed by atoms with E-state index in [9.17, 15) is 0 Å². The molecule has 0 radical (unpaired) electrons.